The second-order valence-corrected chi connectivity index (χ2v) is 9.79. The van der Waals surface area contributed by atoms with Crippen molar-refractivity contribution in [3.05, 3.63) is 0 Å². The minimum atomic E-state index is -5.87. The highest BCUT2D eigenvalue weighted by Gasteiger charge is 2.56. The summed E-state index contributed by atoms with van der Waals surface area (Å²) in [6.45, 7) is 0. The molecule has 22 N–H and O–H groups in total. The Hall–Kier alpha value is 0.200. The van der Waals surface area contributed by atoms with Crippen molar-refractivity contribution in [2.75, 3.05) is 0 Å². The van der Waals surface area contributed by atoms with Crippen LogP contribution in [0.5, 0.6) is 0 Å². The highest BCUT2D eigenvalue weighted by molar-refractivity contribution is 7.45. The van der Waals surface area contributed by atoms with Gasteiger partial charge in [0.25, 0.3) is 23.5 Å². The van der Waals surface area contributed by atoms with Crippen LogP contribution in [0, 0.1) is 0 Å². The molecule has 22 nitrogen and oxygen atoms in total. The molecule has 0 aliphatic heterocycles. The first-order valence-corrected chi connectivity index (χ1v) is 12.5. The molecule has 0 spiro atoms. The summed E-state index contributed by atoms with van der Waals surface area (Å²) in [5, 5.41) is 20.0. The lowest BCUT2D eigenvalue weighted by atomic mass is 9.85. The predicted octanol–water partition coefficient (Wildman–Crippen LogP) is -4.66. The van der Waals surface area contributed by atoms with Crippen LogP contribution in [-0.4, -0.2) is 71.0 Å². The van der Waals surface area contributed by atoms with Gasteiger partial charge in [0.2, 0.25) is 0 Å². The van der Waals surface area contributed by atoms with Crippen LogP contribution < -0.4 is 44.2 Å². The maximum absolute atomic E-state index is 11.0. The molecule has 0 aromatic rings. The van der Waals surface area contributed by atoms with Gasteiger partial charge < -0.3 is 82.6 Å². The first kappa shape index (κ1) is 39.4. The average molecular weight is 568 g/mol. The Morgan fingerprint density at radius 3 is 0.938 bits per heavy atom. The smallest absolute Gasteiger partial charge is 0.451 e. The van der Waals surface area contributed by atoms with Crippen molar-refractivity contribution in [2.24, 2.45) is 0 Å². The van der Waals surface area contributed by atoms with Crippen LogP contribution in [0.15, 0.2) is 0 Å². The zero-order chi connectivity index (χ0) is 22.3. The summed E-state index contributed by atoms with van der Waals surface area (Å²) in [6.07, 6.45) is -16.5. The minimum absolute atomic E-state index is 0. The Balaban J connectivity index is -0.000000980. The summed E-state index contributed by atoms with van der Waals surface area (Å²) in [5.74, 6) is 0. The fraction of sp³-hybridized carbons (Fsp3) is 1.00. The molecule has 0 amide bonds. The average Bonchev–Trinajstić information content (AvgIpc) is 2.39. The Morgan fingerprint density at radius 1 is 0.594 bits per heavy atom. The monoisotopic (exact) mass is 568 g/mol. The third-order valence-corrected chi connectivity index (χ3v) is 5.07. The van der Waals surface area contributed by atoms with Crippen molar-refractivity contribution in [2.45, 2.75) is 36.6 Å². The molecule has 32 heavy (non-hydrogen) atoms. The van der Waals surface area contributed by atoms with E-state index in [1.54, 1.807) is 0 Å². The van der Waals surface area contributed by atoms with E-state index in [-0.39, 0.29) is 24.6 Å². The van der Waals surface area contributed by atoms with E-state index in [9.17, 15) is 43.5 Å². The molecular formula is C6H28N4O18P4. The van der Waals surface area contributed by atoms with Gasteiger partial charge in [0, 0.05) is 0 Å². The van der Waals surface area contributed by atoms with Crippen molar-refractivity contribution in [1.82, 2.24) is 24.6 Å². The van der Waals surface area contributed by atoms with Crippen molar-refractivity contribution in [3.8, 4) is 0 Å². The largest absolute Gasteiger partial charge is 0.756 e. The molecule has 1 saturated carbocycles. The number of hydrogen-bond donors (Lipinski definition) is 10. The number of aliphatic hydroxyl groups excluding tert-OH is 2. The van der Waals surface area contributed by atoms with Gasteiger partial charge in [0.1, 0.15) is 36.6 Å². The molecule has 4 unspecified atom stereocenters. The minimum Gasteiger partial charge on any atom is -0.756 e. The third kappa shape index (κ3) is 13.2. The van der Waals surface area contributed by atoms with Gasteiger partial charge in [-0.15, -0.1) is 0 Å². The van der Waals surface area contributed by atoms with Crippen molar-refractivity contribution in [1.29, 1.82) is 0 Å². The van der Waals surface area contributed by atoms with Gasteiger partial charge in [-0.05, 0) is 0 Å². The standard InChI is InChI=1S/C6H16O18P4.4H3N/c7-1-3(21-25(9,10)11)5(23-27(15,16)17)2(8)6(24-28(18,19)20)4(1)22-26(12,13)14;;;;/h1-8H,(H2,9,10,11)(H2,12,13,14)(H2,15,16,17)(H2,18,19,20);4*1H3/t1-,2+,3-,4+,5-,6+;;;;. The molecule has 0 aromatic heterocycles. The molecule has 26 heteroatoms. The van der Waals surface area contributed by atoms with Gasteiger partial charge in [-0.25, -0.2) is 0 Å². The molecule has 10 atom stereocenters. The van der Waals surface area contributed by atoms with E-state index in [0.29, 0.717) is 0 Å². The van der Waals surface area contributed by atoms with E-state index in [4.69, 9.17) is 24.1 Å². The van der Waals surface area contributed by atoms with E-state index < -0.39 is 67.9 Å². The van der Waals surface area contributed by atoms with Crippen LogP contribution in [0.2, 0.25) is 0 Å². The topological polar surface area (TPSA) is 468 Å². The van der Waals surface area contributed by atoms with Crippen molar-refractivity contribution < 1.29 is 85.7 Å². The molecule has 200 valence electrons. The summed E-state index contributed by atoms with van der Waals surface area (Å²) in [5.41, 5.74) is 0. The van der Waals surface area contributed by atoms with Crippen LogP contribution in [0.3, 0.4) is 0 Å². The van der Waals surface area contributed by atoms with Crippen LogP contribution in [0.1, 0.15) is 0 Å². The highest BCUT2D eigenvalue weighted by atomic mass is 31.2. The summed E-state index contributed by atoms with van der Waals surface area (Å²) in [6, 6.07) is 0. The summed E-state index contributed by atoms with van der Waals surface area (Å²) in [4.78, 5) is 78.7. The number of rotatable bonds is 8. The van der Waals surface area contributed by atoms with Gasteiger partial charge in [-0.3, -0.25) is 27.7 Å². The van der Waals surface area contributed by atoms with Gasteiger partial charge in [-0.2, -0.15) is 0 Å². The Morgan fingerprint density at radius 2 is 0.781 bits per heavy atom. The number of phosphoric ester groups is 3. The van der Waals surface area contributed by atoms with E-state index in [0.717, 1.165) is 0 Å². The Bertz CT molecular complexity index is 622. The van der Waals surface area contributed by atoms with Crippen molar-refractivity contribution >= 4 is 31.3 Å². The molecule has 0 bridgehead atoms. The molecule has 1 aliphatic carbocycles. The highest BCUT2D eigenvalue weighted by Crippen LogP contribution is 2.48. The SMILES string of the molecule is N.O=P([O-])(O)O[C@@H]1[C@@H](O)[C@H](OP([O-])(O)=[OH+])[C@@H](OP(=O)([O-])O)[C@@H](O)[C@H]1OP(=O)([O-])O.[NH4+].[NH4+].[NH4+]. The van der Waals surface area contributed by atoms with Gasteiger partial charge >= 0.3 is 7.82 Å². The maximum atomic E-state index is 11.0. The number of phosphoric acid groups is 3. The van der Waals surface area contributed by atoms with Gasteiger partial charge in [-0.1, -0.05) is 0 Å². The quantitative estimate of drug-likeness (QED) is 0.0971. The van der Waals surface area contributed by atoms with Crippen LogP contribution >= 0.6 is 31.3 Å². The van der Waals surface area contributed by atoms with Crippen molar-refractivity contribution in [3.63, 3.8) is 0 Å². The molecule has 1 aliphatic rings. The lowest BCUT2D eigenvalue weighted by Crippen LogP contribution is -2.66. The zero-order valence-corrected chi connectivity index (χ0v) is 20.2. The van der Waals surface area contributed by atoms with E-state index in [1.165, 1.54) is 0 Å². The number of hydrogen-bond acceptors (Lipinski definition) is 14. The number of quaternary nitrogens is 3. The molecular weight excluding hydrogens is 540 g/mol. The maximum Gasteiger partial charge on any atom is 0.451 e. The fourth-order valence-electron chi connectivity index (χ4n) is 2.26. The Kier molecular flexibility index (Phi) is 16.4. The molecule has 0 radical (unpaired) electrons. The predicted molar refractivity (Wildman–Crippen MR) is 95.0 cm³/mol. The summed E-state index contributed by atoms with van der Waals surface area (Å²) in [7, 11) is -23.2. The lowest BCUT2D eigenvalue weighted by Gasteiger charge is -2.48. The lowest BCUT2D eigenvalue weighted by molar-refractivity contribution is -0.285. The van der Waals surface area contributed by atoms with E-state index in [2.05, 4.69) is 18.1 Å². The molecule has 1 rings (SSSR count). The first-order chi connectivity index (χ1) is 12.2. The summed E-state index contributed by atoms with van der Waals surface area (Å²) < 4.78 is 57.2. The van der Waals surface area contributed by atoms with Crippen LogP contribution in [0.25, 0.3) is 0 Å². The molecule has 0 aromatic carbocycles. The second-order valence-electron chi connectivity index (χ2n) is 5.16. The second kappa shape index (κ2) is 13.3. The molecule has 1 fully saturated rings. The molecule has 0 heterocycles. The summed E-state index contributed by atoms with van der Waals surface area (Å²) >= 11 is 0. The third-order valence-electron chi connectivity index (χ3n) is 3.02. The Labute approximate surface area is 179 Å². The first-order valence-electron chi connectivity index (χ1n) is 6.47. The fourth-order valence-corrected chi connectivity index (χ4v) is 4.48. The normalized spacial score (nSPS) is 34.9. The molecule has 0 saturated heterocycles. The zero-order valence-electron chi connectivity index (χ0n) is 16.6. The van der Waals surface area contributed by atoms with Gasteiger partial charge in [0.05, 0.1) is 0 Å². The van der Waals surface area contributed by atoms with E-state index >= 15 is 0 Å². The van der Waals surface area contributed by atoms with E-state index in [1.807, 2.05) is 0 Å². The van der Waals surface area contributed by atoms with Crippen LogP contribution in [-0.2, 0) is 31.8 Å². The van der Waals surface area contributed by atoms with Crippen LogP contribution in [0.4, 0.5) is 0 Å². The number of aliphatic hydroxyl groups is 2. The van der Waals surface area contributed by atoms with Gasteiger partial charge in [0.15, 0.2) is 0 Å².